The second-order valence-corrected chi connectivity index (χ2v) is 8.16. The number of aryl methyl sites for hydroxylation is 1. The Morgan fingerprint density at radius 2 is 2.00 bits per heavy atom. The van der Waals surface area contributed by atoms with Gasteiger partial charge in [0.15, 0.2) is 0 Å². The first-order valence-corrected chi connectivity index (χ1v) is 10.5. The lowest BCUT2D eigenvalue weighted by atomic mass is 9.91. The summed E-state index contributed by atoms with van der Waals surface area (Å²) in [5.41, 5.74) is 4.07. The van der Waals surface area contributed by atoms with E-state index >= 15 is 0 Å². The Labute approximate surface area is 177 Å². The number of aromatic nitrogens is 2. The van der Waals surface area contributed by atoms with Crippen molar-refractivity contribution < 1.29 is 14.3 Å². The maximum atomic E-state index is 13.3. The maximum Gasteiger partial charge on any atom is 0.223 e. The van der Waals surface area contributed by atoms with E-state index in [1.54, 1.807) is 7.11 Å². The van der Waals surface area contributed by atoms with E-state index in [9.17, 15) is 4.79 Å². The molecule has 4 rings (SSSR count). The van der Waals surface area contributed by atoms with Crippen molar-refractivity contribution in [1.29, 1.82) is 0 Å². The number of nitrogens with zero attached hydrogens (tertiary/aromatic N) is 3. The average molecular weight is 408 g/mol. The summed E-state index contributed by atoms with van der Waals surface area (Å²) in [5.74, 6) is 0.786. The number of amides is 1. The number of methoxy groups -OCH3 is 1. The second kappa shape index (κ2) is 8.48. The number of rotatable bonds is 5. The first-order chi connectivity index (χ1) is 14.5. The van der Waals surface area contributed by atoms with Crippen LogP contribution in [0.2, 0.25) is 0 Å². The molecule has 1 fully saturated rings. The number of carbonyl (C=O) groups excluding carboxylic acids is 1. The molecule has 2 aromatic heterocycles. The summed E-state index contributed by atoms with van der Waals surface area (Å²) < 4.78 is 13.3. The van der Waals surface area contributed by atoms with Crippen LogP contribution in [0.1, 0.15) is 43.0 Å². The highest BCUT2D eigenvalue weighted by molar-refractivity contribution is 5.78. The Morgan fingerprint density at radius 1 is 1.23 bits per heavy atom. The van der Waals surface area contributed by atoms with Gasteiger partial charge in [0, 0.05) is 37.8 Å². The lowest BCUT2D eigenvalue weighted by molar-refractivity contribution is -0.143. The zero-order valence-corrected chi connectivity index (χ0v) is 18.0. The fourth-order valence-electron chi connectivity index (χ4n) is 4.36. The third-order valence-corrected chi connectivity index (χ3v) is 5.76. The van der Waals surface area contributed by atoms with Gasteiger partial charge in [-0.15, -0.1) is 0 Å². The first-order valence-electron chi connectivity index (χ1n) is 10.5. The zero-order chi connectivity index (χ0) is 21.3. The van der Waals surface area contributed by atoms with E-state index in [-0.39, 0.29) is 24.0 Å². The van der Waals surface area contributed by atoms with Crippen LogP contribution in [0.5, 0.6) is 5.75 Å². The normalized spacial score (nSPS) is 20.3. The standard InChI is InChI=1S/C24H29N3O3/c1-16-7-6-10-27-22(13-25-24(16)27)21(19-8-5-9-20(11-19)29-4)12-23(28)26-14-17(2)30-18(3)15-26/h5-11,13,17-18,21H,12,14-15H2,1-4H3. The fraction of sp³-hybridized carbons (Fsp3) is 0.417. The summed E-state index contributed by atoms with van der Waals surface area (Å²) in [6.07, 6.45) is 4.37. The summed E-state index contributed by atoms with van der Waals surface area (Å²) in [6.45, 7) is 7.33. The molecule has 158 valence electrons. The number of morpholine rings is 1. The van der Waals surface area contributed by atoms with Gasteiger partial charge >= 0.3 is 0 Å². The fourth-order valence-corrected chi connectivity index (χ4v) is 4.36. The number of ether oxygens (including phenoxy) is 2. The van der Waals surface area contributed by atoms with Gasteiger partial charge in [0.25, 0.3) is 0 Å². The van der Waals surface area contributed by atoms with E-state index in [4.69, 9.17) is 9.47 Å². The molecule has 3 atom stereocenters. The van der Waals surface area contributed by atoms with E-state index in [2.05, 4.69) is 15.5 Å². The van der Waals surface area contributed by atoms with Gasteiger partial charge in [-0.2, -0.15) is 0 Å². The molecule has 30 heavy (non-hydrogen) atoms. The highest BCUT2D eigenvalue weighted by Gasteiger charge is 2.29. The number of carbonyl (C=O) groups is 1. The van der Waals surface area contributed by atoms with E-state index in [0.29, 0.717) is 19.5 Å². The number of benzene rings is 1. The van der Waals surface area contributed by atoms with Gasteiger partial charge in [0.05, 0.1) is 25.0 Å². The third-order valence-electron chi connectivity index (χ3n) is 5.76. The molecular weight excluding hydrogens is 378 g/mol. The van der Waals surface area contributed by atoms with E-state index in [1.807, 2.05) is 68.4 Å². The van der Waals surface area contributed by atoms with Gasteiger partial charge in [-0.05, 0) is 50.1 Å². The quantitative estimate of drug-likeness (QED) is 0.645. The molecule has 0 radical (unpaired) electrons. The number of hydrogen-bond acceptors (Lipinski definition) is 4. The molecule has 6 nitrogen and oxygen atoms in total. The van der Waals surface area contributed by atoms with Crippen molar-refractivity contribution in [3.63, 3.8) is 0 Å². The Morgan fingerprint density at radius 3 is 2.73 bits per heavy atom. The highest BCUT2D eigenvalue weighted by Crippen LogP contribution is 2.32. The highest BCUT2D eigenvalue weighted by atomic mass is 16.5. The smallest absolute Gasteiger partial charge is 0.223 e. The molecule has 1 amide bonds. The van der Waals surface area contributed by atoms with E-state index in [0.717, 1.165) is 28.2 Å². The summed E-state index contributed by atoms with van der Waals surface area (Å²) in [7, 11) is 1.66. The van der Waals surface area contributed by atoms with Crippen LogP contribution in [-0.4, -0.2) is 52.6 Å². The van der Waals surface area contributed by atoms with Crippen molar-refractivity contribution in [2.24, 2.45) is 0 Å². The van der Waals surface area contributed by atoms with Crippen molar-refractivity contribution in [2.45, 2.75) is 45.3 Å². The van der Waals surface area contributed by atoms with Crippen LogP contribution in [0.3, 0.4) is 0 Å². The predicted molar refractivity (Wildman–Crippen MR) is 116 cm³/mol. The van der Waals surface area contributed by atoms with Crippen molar-refractivity contribution in [3.8, 4) is 5.75 Å². The topological polar surface area (TPSA) is 56.1 Å². The number of imidazole rings is 1. The first kappa shape index (κ1) is 20.4. The monoisotopic (exact) mass is 407 g/mol. The molecule has 1 aliphatic rings. The molecule has 3 heterocycles. The number of pyridine rings is 1. The molecule has 0 aliphatic carbocycles. The molecule has 1 saturated heterocycles. The summed E-state index contributed by atoms with van der Waals surface area (Å²) in [4.78, 5) is 19.9. The van der Waals surface area contributed by atoms with Gasteiger partial charge in [-0.1, -0.05) is 18.2 Å². The molecule has 0 bridgehead atoms. The summed E-state index contributed by atoms with van der Waals surface area (Å²) >= 11 is 0. The van der Waals surface area contributed by atoms with Crippen LogP contribution in [0.4, 0.5) is 0 Å². The Hall–Kier alpha value is -2.86. The zero-order valence-electron chi connectivity index (χ0n) is 18.0. The average Bonchev–Trinajstić information content (AvgIpc) is 3.16. The molecule has 0 N–H and O–H groups in total. The molecule has 1 aliphatic heterocycles. The van der Waals surface area contributed by atoms with Gasteiger partial charge < -0.3 is 18.8 Å². The maximum absolute atomic E-state index is 13.3. The molecule has 3 unspecified atom stereocenters. The minimum atomic E-state index is -0.127. The van der Waals surface area contributed by atoms with Crippen molar-refractivity contribution in [3.05, 3.63) is 65.6 Å². The van der Waals surface area contributed by atoms with Crippen molar-refractivity contribution >= 4 is 11.6 Å². The largest absolute Gasteiger partial charge is 0.497 e. The number of hydrogen-bond donors (Lipinski definition) is 0. The van der Waals surface area contributed by atoms with E-state index in [1.165, 1.54) is 0 Å². The van der Waals surface area contributed by atoms with Gasteiger partial charge in [0.1, 0.15) is 11.4 Å². The Bertz CT molecular complexity index is 1040. The van der Waals surface area contributed by atoms with E-state index < -0.39 is 0 Å². The van der Waals surface area contributed by atoms with Crippen LogP contribution in [0, 0.1) is 6.92 Å². The lowest BCUT2D eigenvalue weighted by Crippen LogP contribution is -2.48. The molecule has 6 heteroatoms. The summed E-state index contributed by atoms with van der Waals surface area (Å²) in [5, 5.41) is 0. The molecular formula is C24H29N3O3. The van der Waals surface area contributed by atoms with Crippen LogP contribution in [0.25, 0.3) is 5.65 Å². The van der Waals surface area contributed by atoms with Crippen LogP contribution in [0.15, 0.2) is 48.8 Å². The Kier molecular flexibility index (Phi) is 5.77. The molecule has 3 aromatic rings. The molecule has 1 aromatic carbocycles. The van der Waals surface area contributed by atoms with Crippen molar-refractivity contribution in [2.75, 3.05) is 20.2 Å². The van der Waals surface area contributed by atoms with Gasteiger partial charge in [-0.25, -0.2) is 4.98 Å². The van der Waals surface area contributed by atoms with Gasteiger partial charge in [0.2, 0.25) is 5.91 Å². The Balaban J connectivity index is 1.72. The van der Waals surface area contributed by atoms with Crippen molar-refractivity contribution in [1.82, 2.24) is 14.3 Å². The molecule has 0 saturated carbocycles. The minimum absolute atomic E-state index is 0.0476. The van der Waals surface area contributed by atoms with Crippen LogP contribution in [-0.2, 0) is 9.53 Å². The second-order valence-electron chi connectivity index (χ2n) is 8.16. The lowest BCUT2D eigenvalue weighted by Gasteiger charge is -2.36. The predicted octanol–water partition coefficient (Wildman–Crippen LogP) is 3.81. The summed E-state index contributed by atoms with van der Waals surface area (Å²) in [6, 6.07) is 12.0. The molecule has 0 spiro atoms. The van der Waals surface area contributed by atoms with Crippen LogP contribution < -0.4 is 4.74 Å². The minimum Gasteiger partial charge on any atom is -0.497 e. The van der Waals surface area contributed by atoms with Crippen LogP contribution >= 0.6 is 0 Å². The SMILES string of the molecule is COc1cccc(C(CC(=O)N2CC(C)OC(C)C2)c2cnc3c(C)cccn23)c1. The number of fused-ring (bicyclic) bond motifs is 1. The third kappa shape index (κ3) is 4.05. The van der Waals surface area contributed by atoms with Gasteiger partial charge in [-0.3, -0.25) is 4.79 Å².